The molecule has 0 fully saturated rings. The summed E-state index contributed by atoms with van der Waals surface area (Å²) in [5.41, 5.74) is 1.92. The summed E-state index contributed by atoms with van der Waals surface area (Å²) in [6.45, 7) is 3.59. The van der Waals surface area contributed by atoms with Crippen LogP contribution in [0.2, 0.25) is 5.02 Å². The number of halogens is 1. The van der Waals surface area contributed by atoms with Gasteiger partial charge < -0.3 is 0 Å². The molecule has 0 aliphatic carbocycles. The predicted molar refractivity (Wildman–Crippen MR) is 148 cm³/mol. The zero-order chi connectivity index (χ0) is 28.2. The first-order chi connectivity index (χ1) is 18.5. The van der Waals surface area contributed by atoms with Crippen molar-refractivity contribution < 1.29 is 30.0 Å². The van der Waals surface area contributed by atoms with Gasteiger partial charge in [-0.2, -0.15) is 16.8 Å². The second-order valence-electron chi connectivity index (χ2n) is 8.85. The minimum Gasteiger partial charge on any atom is -0.291 e. The first-order valence-electron chi connectivity index (χ1n) is 11.8. The van der Waals surface area contributed by atoms with Gasteiger partial charge in [0.1, 0.15) is 6.10 Å². The third-order valence-corrected chi connectivity index (χ3v) is 8.74. The molecule has 7 nitrogen and oxygen atoms in total. The van der Waals surface area contributed by atoms with E-state index in [0.29, 0.717) is 5.02 Å². The standard InChI is InChI=1S/C29H25ClO7S2/c1-20-8-16-25(17-9-20)38(32,33)36-28(23-12-14-24(30)15-13-23)29(27(31)22-6-4-3-5-7-22)37-39(34,35)26-18-10-21(2)11-19-26/h3-19,28-29H,1-2H3. The molecule has 0 amide bonds. The van der Waals surface area contributed by atoms with Gasteiger partial charge in [0.05, 0.1) is 9.79 Å². The molecule has 0 radical (unpaired) electrons. The van der Waals surface area contributed by atoms with Gasteiger partial charge in [-0.15, -0.1) is 0 Å². The van der Waals surface area contributed by atoms with Crippen molar-refractivity contribution in [2.45, 2.75) is 35.8 Å². The van der Waals surface area contributed by atoms with Gasteiger partial charge in [-0.05, 0) is 55.8 Å². The van der Waals surface area contributed by atoms with Gasteiger partial charge in [-0.25, -0.2) is 0 Å². The molecular weight excluding hydrogens is 560 g/mol. The summed E-state index contributed by atoms with van der Waals surface area (Å²) in [4.78, 5) is 13.4. The molecule has 0 aliphatic heterocycles. The lowest BCUT2D eigenvalue weighted by Gasteiger charge is -2.26. The van der Waals surface area contributed by atoms with Crippen LogP contribution in [0, 0.1) is 13.8 Å². The average molecular weight is 585 g/mol. The number of hydrogen-bond donors (Lipinski definition) is 0. The van der Waals surface area contributed by atoms with Crippen LogP contribution in [-0.2, 0) is 28.6 Å². The molecular formula is C29H25ClO7S2. The van der Waals surface area contributed by atoms with Crippen LogP contribution >= 0.6 is 11.6 Å². The number of hydrogen-bond acceptors (Lipinski definition) is 7. The summed E-state index contributed by atoms with van der Waals surface area (Å²) >= 11 is 6.04. The molecule has 0 heterocycles. The van der Waals surface area contributed by atoms with Gasteiger partial charge in [-0.3, -0.25) is 13.2 Å². The van der Waals surface area contributed by atoms with Crippen molar-refractivity contribution in [3.8, 4) is 0 Å². The quantitative estimate of drug-likeness (QED) is 0.165. The van der Waals surface area contributed by atoms with Gasteiger partial charge >= 0.3 is 0 Å². The lowest BCUT2D eigenvalue weighted by molar-refractivity contribution is 0.0460. The van der Waals surface area contributed by atoms with E-state index in [1.54, 1.807) is 56.3 Å². The van der Waals surface area contributed by atoms with Crippen molar-refractivity contribution >= 4 is 37.6 Å². The summed E-state index contributed by atoms with van der Waals surface area (Å²) in [5.74, 6) is -0.787. The van der Waals surface area contributed by atoms with Crippen LogP contribution in [-0.4, -0.2) is 28.7 Å². The van der Waals surface area contributed by atoms with E-state index in [1.807, 2.05) is 0 Å². The highest BCUT2D eigenvalue weighted by Crippen LogP contribution is 2.33. The molecule has 4 rings (SSSR count). The molecule has 0 spiro atoms. The molecule has 0 N–H and O–H groups in total. The van der Waals surface area contributed by atoms with Gasteiger partial charge in [0.25, 0.3) is 20.2 Å². The number of benzene rings is 4. The number of rotatable bonds is 10. The molecule has 39 heavy (non-hydrogen) atoms. The Labute approximate surface area is 233 Å². The molecule has 0 bridgehead atoms. The minimum atomic E-state index is -4.54. The lowest BCUT2D eigenvalue weighted by atomic mass is 9.97. The Morgan fingerprint density at radius 2 is 1.10 bits per heavy atom. The fourth-order valence-corrected chi connectivity index (χ4v) is 5.96. The molecule has 0 saturated heterocycles. The Morgan fingerprint density at radius 3 is 1.59 bits per heavy atom. The van der Waals surface area contributed by atoms with E-state index < -0.39 is 38.2 Å². The summed E-state index contributed by atoms with van der Waals surface area (Å²) in [7, 11) is -9.02. The highest BCUT2D eigenvalue weighted by Gasteiger charge is 2.40. The number of aryl methyl sites for hydroxylation is 2. The van der Waals surface area contributed by atoms with Crippen molar-refractivity contribution in [1.29, 1.82) is 0 Å². The minimum absolute atomic E-state index is 0.108. The molecule has 4 aromatic carbocycles. The molecule has 202 valence electrons. The smallest absolute Gasteiger partial charge is 0.291 e. The van der Waals surface area contributed by atoms with E-state index in [2.05, 4.69) is 0 Å². The van der Waals surface area contributed by atoms with Crippen LogP contribution < -0.4 is 0 Å². The van der Waals surface area contributed by atoms with Gasteiger partial charge in [0.15, 0.2) is 11.9 Å². The van der Waals surface area contributed by atoms with Crippen molar-refractivity contribution in [2.24, 2.45) is 0 Å². The van der Waals surface area contributed by atoms with Crippen molar-refractivity contribution in [3.63, 3.8) is 0 Å². The average Bonchev–Trinajstić information content (AvgIpc) is 2.92. The monoisotopic (exact) mass is 584 g/mol. The van der Waals surface area contributed by atoms with Gasteiger partial charge in [0.2, 0.25) is 0 Å². The maximum absolute atomic E-state index is 13.8. The zero-order valence-corrected chi connectivity index (χ0v) is 23.4. The van der Waals surface area contributed by atoms with Crippen molar-refractivity contribution in [1.82, 2.24) is 0 Å². The molecule has 4 aromatic rings. The molecule has 2 unspecified atom stereocenters. The molecule has 0 saturated carbocycles. The summed E-state index contributed by atoms with van der Waals surface area (Å²) in [5, 5.41) is 0.345. The van der Waals surface area contributed by atoms with Crippen LogP contribution in [0.5, 0.6) is 0 Å². The Hall–Kier alpha value is -3.34. The maximum atomic E-state index is 13.8. The number of Topliss-reactive ketones (excluding diaryl/α,β-unsaturated/α-hetero) is 1. The van der Waals surface area contributed by atoms with Crippen LogP contribution in [0.15, 0.2) is 113 Å². The normalized spacial score (nSPS) is 13.5. The second-order valence-corrected chi connectivity index (χ2v) is 12.4. The third-order valence-electron chi connectivity index (χ3n) is 5.87. The van der Waals surface area contributed by atoms with Crippen LogP contribution in [0.3, 0.4) is 0 Å². The molecule has 10 heteroatoms. The summed E-state index contributed by atoms with van der Waals surface area (Å²) < 4.78 is 64.6. The zero-order valence-electron chi connectivity index (χ0n) is 21.0. The van der Waals surface area contributed by atoms with E-state index in [0.717, 1.165) is 11.1 Å². The highest BCUT2D eigenvalue weighted by molar-refractivity contribution is 7.87. The van der Waals surface area contributed by atoms with E-state index in [9.17, 15) is 21.6 Å². The van der Waals surface area contributed by atoms with E-state index in [4.69, 9.17) is 20.0 Å². The van der Waals surface area contributed by atoms with Crippen molar-refractivity contribution in [2.75, 3.05) is 0 Å². The van der Waals surface area contributed by atoms with Crippen LogP contribution in [0.4, 0.5) is 0 Å². The lowest BCUT2D eigenvalue weighted by Crippen LogP contribution is -2.36. The first kappa shape index (κ1) is 28.7. The van der Waals surface area contributed by atoms with Crippen molar-refractivity contribution in [3.05, 3.63) is 130 Å². The van der Waals surface area contributed by atoms with Crippen LogP contribution in [0.25, 0.3) is 0 Å². The topological polar surface area (TPSA) is 104 Å². The first-order valence-corrected chi connectivity index (χ1v) is 15.0. The third kappa shape index (κ3) is 7.00. The molecule has 0 aliphatic rings. The fraction of sp³-hybridized carbons (Fsp3) is 0.138. The summed E-state index contributed by atoms with van der Waals surface area (Å²) in [6.07, 6.45) is -3.58. The number of carbonyl (C=O) groups excluding carboxylic acids is 1. The fourth-order valence-electron chi connectivity index (χ4n) is 3.73. The van der Waals surface area contributed by atoms with E-state index in [-0.39, 0.29) is 20.9 Å². The Morgan fingerprint density at radius 1 is 0.641 bits per heavy atom. The summed E-state index contributed by atoms with van der Waals surface area (Å²) in [6, 6.07) is 25.5. The second kappa shape index (κ2) is 11.8. The Bertz CT molecular complexity index is 1650. The molecule has 2 atom stereocenters. The maximum Gasteiger partial charge on any atom is 0.297 e. The Kier molecular flexibility index (Phi) is 8.68. The largest absolute Gasteiger partial charge is 0.297 e. The molecule has 0 aromatic heterocycles. The number of ketones is 1. The Balaban J connectivity index is 1.85. The van der Waals surface area contributed by atoms with Gasteiger partial charge in [-0.1, -0.05) is 89.5 Å². The van der Waals surface area contributed by atoms with Crippen LogP contribution in [0.1, 0.15) is 33.2 Å². The van der Waals surface area contributed by atoms with Gasteiger partial charge in [0, 0.05) is 10.6 Å². The SMILES string of the molecule is Cc1ccc(S(=O)(=O)OC(C(=O)c2ccccc2)C(OS(=O)(=O)c2ccc(C)cc2)c2ccc(Cl)cc2)cc1. The van der Waals surface area contributed by atoms with E-state index in [1.165, 1.54) is 60.7 Å². The highest BCUT2D eigenvalue weighted by atomic mass is 35.5. The van der Waals surface area contributed by atoms with E-state index >= 15 is 0 Å². The predicted octanol–water partition coefficient (Wildman–Crippen LogP) is 6.06. The number of carbonyl (C=O) groups is 1.